The highest BCUT2D eigenvalue weighted by Crippen LogP contribution is 2.40. The van der Waals surface area contributed by atoms with Crippen LogP contribution in [0.4, 0.5) is 5.69 Å². The number of hydrogen-bond acceptors (Lipinski definition) is 4. The quantitative estimate of drug-likeness (QED) is 0.352. The molecule has 0 radical (unpaired) electrons. The molecule has 1 aliphatic carbocycles. The van der Waals surface area contributed by atoms with Crippen molar-refractivity contribution in [1.29, 1.82) is 0 Å². The maximum atomic E-state index is 12.7. The molecule has 2 aromatic rings. The molecular formula is C19H15NO4. The summed E-state index contributed by atoms with van der Waals surface area (Å²) in [4.78, 5) is 23.3. The minimum absolute atomic E-state index is 0.00584. The molecule has 0 aliphatic heterocycles. The van der Waals surface area contributed by atoms with Gasteiger partial charge in [-0.3, -0.25) is 14.9 Å². The van der Waals surface area contributed by atoms with Gasteiger partial charge in [0.15, 0.2) is 5.78 Å². The average molecular weight is 321 g/mol. The van der Waals surface area contributed by atoms with Crippen LogP contribution in [-0.4, -0.2) is 17.3 Å². The van der Waals surface area contributed by atoms with Crippen LogP contribution in [-0.2, 0) is 0 Å². The van der Waals surface area contributed by atoms with Crippen LogP contribution in [0.5, 0.6) is 5.75 Å². The lowest BCUT2D eigenvalue weighted by molar-refractivity contribution is -0.385. The van der Waals surface area contributed by atoms with Crippen molar-refractivity contribution in [3.63, 3.8) is 0 Å². The van der Waals surface area contributed by atoms with Crippen LogP contribution in [0.25, 0.3) is 0 Å². The zero-order valence-corrected chi connectivity index (χ0v) is 12.9. The van der Waals surface area contributed by atoms with Crippen LogP contribution in [0, 0.1) is 22.5 Å². The first-order valence-electron chi connectivity index (χ1n) is 7.59. The first-order chi connectivity index (χ1) is 11.6. The second-order valence-corrected chi connectivity index (χ2v) is 5.65. The smallest absolute Gasteiger partial charge is 0.280 e. The molecule has 0 aromatic heterocycles. The highest BCUT2D eigenvalue weighted by molar-refractivity contribution is 6.11. The van der Waals surface area contributed by atoms with E-state index in [1.807, 2.05) is 12.1 Å². The molecule has 0 bridgehead atoms. The minimum Gasteiger partial charge on any atom is -0.481 e. The zero-order valence-electron chi connectivity index (χ0n) is 12.9. The van der Waals surface area contributed by atoms with Crippen LogP contribution in [0.15, 0.2) is 42.5 Å². The second kappa shape index (κ2) is 6.55. The molecule has 5 nitrogen and oxygen atoms in total. The molecule has 0 N–H and O–H groups in total. The summed E-state index contributed by atoms with van der Waals surface area (Å²) in [5.41, 5.74) is 1.36. The molecule has 1 saturated carbocycles. The molecule has 120 valence electrons. The number of carbonyl (C=O) groups excluding carboxylic acids is 1. The summed E-state index contributed by atoms with van der Waals surface area (Å²) >= 11 is 0. The first kappa shape index (κ1) is 15.8. The van der Waals surface area contributed by atoms with E-state index in [2.05, 4.69) is 5.92 Å². The third-order valence-corrected chi connectivity index (χ3v) is 3.95. The molecule has 5 heteroatoms. The Morgan fingerprint density at radius 2 is 1.96 bits per heavy atom. The van der Waals surface area contributed by atoms with Gasteiger partial charge in [0.25, 0.3) is 5.69 Å². The van der Waals surface area contributed by atoms with Crippen LogP contribution >= 0.6 is 0 Å². The number of ether oxygens (including phenoxy) is 1. The molecule has 0 unspecified atom stereocenters. The summed E-state index contributed by atoms with van der Waals surface area (Å²) in [5.74, 6) is 2.83. The first-order valence-corrected chi connectivity index (χ1v) is 7.59. The fraction of sp³-hybridized carbons (Fsp3) is 0.211. The number of hydrogen-bond donors (Lipinski definition) is 0. The fourth-order valence-electron chi connectivity index (χ4n) is 2.55. The van der Waals surface area contributed by atoms with Gasteiger partial charge >= 0.3 is 0 Å². The van der Waals surface area contributed by atoms with E-state index >= 15 is 0 Å². The number of terminal acetylenes is 1. The SMILES string of the molecule is C#CCOc1ccc([N+](=O)[O-])c(C(=O)c2ccc(C3CC3)cc2)c1. The number of rotatable bonds is 6. The summed E-state index contributed by atoms with van der Waals surface area (Å²) in [6.45, 7) is 0.0293. The Hall–Kier alpha value is -3.13. The zero-order chi connectivity index (χ0) is 17.1. The lowest BCUT2D eigenvalue weighted by atomic mass is 9.99. The number of nitrogens with zero attached hydrogens (tertiary/aromatic N) is 1. The van der Waals surface area contributed by atoms with Crippen molar-refractivity contribution >= 4 is 11.5 Å². The molecular weight excluding hydrogens is 306 g/mol. The molecule has 0 spiro atoms. The van der Waals surface area contributed by atoms with Crippen molar-refractivity contribution < 1.29 is 14.5 Å². The van der Waals surface area contributed by atoms with Crippen molar-refractivity contribution in [2.75, 3.05) is 6.61 Å². The second-order valence-electron chi connectivity index (χ2n) is 5.65. The van der Waals surface area contributed by atoms with Crippen LogP contribution in [0.1, 0.15) is 40.2 Å². The molecule has 1 aliphatic rings. The van der Waals surface area contributed by atoms with E-state index in [1.54, 1.807) is 12.1 Å². The minimum atomic E-state index is -0.573. The number of nitro groups is 1. The third-order valence-electron chi connectivity index (χ3n) is 3.95. The molecule has 1 fully saturated rings. The predicted molar refractivity (Wildman–Crippen MR) is 89.3 cm³/mol. The topological polar surface area (TPSA) is 69.4 Å². The van der Waals surface area contributed by atoms with Gasteiger partial charge in [0.2, 0.25) is 0 Å². The maximum absolute atomic E-state index is 12.7. The van der Waals surface area contributed by atoms with Gasteiger partial charge in [0, 0.05) is 11.6 Å². The van der Waals surface area contributed by atoms with E-state index < -0.39 is 10.7 Å². The normalized spacial score (nSPS) is 13.1. The molecule has 2 aromatic carbocycles. The number of ketones is 1. The van der Waals surface area contributed by atoms with Crippen LogP contribution in [0.2, 0.25) is 0 Å². The van der Waals surface area contributed by atoms with Crippen LogP contribution < -0.4 is 4.74 Å². The van der Waals surface area contributed by atoms with Gasteiger partial charge in [-0.1, -0.05) is 30.2 Å². The van der Waals surface area contributed by atoms with Crippen molar-refractivity contribution in [2.24, 2.45) is 0 Å². The highest BCUT2D eigenvalue weighted by Gasteiger charge is 2.25. The lowest BCUT2D eigenvalue weighted by Gasteiger charge is -2.07. The van der Waals surface area contributed by atoms with Crippen molar-refractivity contribution in [3.8, 4) is 18.1 Å². The Labute approximate surface area is 139 Å². The monoisotopic (exact) mass is 321 g/mol. The van der Waals surface area contributed by atoms with Crippen molar-refractivity contribution in [2.45, 2.75) is 18.8 Å². The number of nitro benzene ring substituents is 1. The third kappa shape index (κ3) is 3.28. The van der Waals surface area contributed by atoms with Crippen LogP contribution in [0.3, 0.4) is 0 Å². The van der Waals surface area contributed by atoms with Gasteiger partial charge in [0.1, 0.15) is 17.9 Å². The Kier molecular flexibility index (Phi) is 4.30. The summed E-state index contributed by atoms with van der Waals surface area (Å²) in [7, 11) is 0. The van der Waals surface area contributed by atoms with Gasteiger partial charge in [-0.05, 0) is 36.5 Å². The maximum Gasteiger partial charge on any atom is 0.280 e. The standard InChI is InChI=1S/C19H15NO4/c1-2-11-24-16-9-10-18(20(22)23)17(12-16)19(21)15-7-5-14(6-8-15)13-3-4-13/h1,5-10,12-13H,3-4,11H2. The molecule has 0 heterocycles. The lowest BCUT2D eigenvalue weighted by Crippen LogP contribution is -2.06. The summed E-state index contributed by atoms with van der Waals surface area (Å²) in [6.07, 6.45) is 7.48. The summed E-state index contributed by atoms with van der Waals surface area (Å²) in [6, 6.07) is 11.3. The van der Waals surface area contributed by atoms with E-state index in [1.165, 1.54) is 36.6 Å². The number of carbonyl (C=O) groups is 1. The predicted octanol–water partition coefficient (Wildman–Crippen LogP) is 3.72. The van der Waals surface area contributed by atoms with E-state index in [4.69, 9.17) is 11.2 Å². The van der Waals surface area contributed by atoms with Crippen molar-refractivity contribution in [3.05, 3.63) is 69.3 Å². The van der Waals surface area contributed by atoms with Gasteiger partial charge in [-0.25, -0.2) is 0 Å². The van der Waals surface area contributed by atoms with E-state index in [0.29, 0.717) is 17.2 Å². The Bertz CT molecular complexity index is 829. The molecule has 0 atom stereocenters. The summed E-state index contributed by atoms with van der Waals surface area (Å²) in [5, 5.41) is 11.2. The van der Waals surface area contributed by atoms with E-state index in [0.717, 1.165) is 0 Å². The molecule has 3 rings (SSSR count). The van der Waals surface area contributed by atoms with Gasteiger partial charge < -0.3 is 4.74 Å². The van der Waals surface area contributed by atoms with E-state index in [-0.39, 0.29) is 17.9 Å². The van der Waals surface area contributed by atoms with Crippen molar-refractivity contribution in [1.82, 2.24) is 0 Å². The number of benzene rings is 2. The highest BCUT2D eigenvalue weighted by atomic mass is 16.6. The van der Waals surface area contributed by atoms with Gasteiger partial charge in [0.05, 0.1) is 4.92 Å². The molecule has 24 heavy (non-hydrogen) atoms. The Morgan fingerprint density at radius 3 is 2.54 bits per heavy atom. The molecule has 0 amide bonds. The Balaban J connectivity index is 1.93. The van der Waals surface area contributed by atoms with Gasteiger partial charge in [-0.15, -0.1) is 6.42 Å². The Morgan fingerprint density at radius 1 is 1.25 bits per heavy atom. The summed E-state index contributed by atoms with van der Waals surface area (Å²) < 4.78 is 5.26. The molecule has 0 saturated heterocycles. The average Bonchev–Trinajstić information content (AvgIpc) is 3.44. The largest absolute Gasteiger partial charge is 0.481 e. The fourth-order valence-corrected chi connectivity index (χ4v) is 2.55. The van der Waals surface area contributed by atoms with Gasteiger partial charge in [-0.2, -0.15) is 0 Å². The van der Waals surface area contributed by atoms with E-state index in [9.17, 15) is 14.9 Å².